The fourth-order valence-electron chi connectivity index (χ4n) is 4.30. The number of nitrogens with one attached hydrogen (secondary N) is 2. The number of benzene rings is 3. The molecule has 0 fully saturated rings. The zero-order valence-electron chi connectivity index (χ0n) is 18.8. The maximum absolute atomic E-state index is 12.4. The van der Waals surface area contributed by atoms with Crippen LogP contribution in [0.2, 0.25) is 0 Å². The van der Waals surface area contributed by atoms with Crippen LogP contribution in [0, 0.1) is 0 Å². The van der Waals surface area contributed by atoms with Crippen molar-refractivity contribution in [2.75, 3.05) is 13.2 Å². The van der Waals surface area contributed by atoms with Crippen LogP contribution in [-0.2, 0) is 16.0 Å². The Morgan fingerprint density at radius 1 is 0.912 bits per heavy atom. The maximum Gasteiger partial charge on any atom is 0.407 e. The van der Waals surface area contributed by atoms with Crippen LogP contribution in [-0.4, -0.2) is 42.3 Å². The Kier molecular flexibility index (Phi) is 6.92. The molecule has 4 rings (SSSR count). The molecule has 7 heteroatoms. The molecule has 0 saturated heterocycles. The number of carboxylic acid groups (broad SMARTS) is 1. The largest absolute Gasteiger partial charge is 0.478 e. The first-order valence-corrected chi connectivity index (χ1v) is 11.2. The van der Waals surface area contributed by atoms with Crippen molar-refractivity contribution in [2.45, 2.75) is 25.3 Å². The number of ether oxygens (including phenoxy) is 1. The molecule has 0 radical (unpaired) electrons. The van der Waals surface area contributed by atoms with E-state index in [1.165, 1.54) is 6.07 Å². The number of hydrogen-bond acceptors (Lipinski definition) is 4. The standard InChI is InChI=1S/C27H26N2O5/c1-17(25(30)28-15-14-18-8-2-3-9-19(18)26(31)32)29-27(33)34-16-24-22-12-6-4-10-20(22)21-11-5-7-13-23(21)24/h2-13,17,24H,14-16H2,1H3,(H,28,30)(H,29,33)(H,31,32)/t17-/m1/s1. The number of amides is 2. The number of alkyl carbamates (subject to hydrolysis) is 1. The number of carbonyl (C=O) groups is 3. The Morgan fingerprint density at radius 2 is 1.50 bits per heavy atom. The fraction of sp³-hybridized carbons (Fsp3) is 0.222. The van der Waals surface area contributed by atoms with E-state index in [1.54, 1.807) is 25.1 Å². The number of carboxylic acids is 1. The van der Waals surface area contributed by atoms with Crippen LogP contribution in [0.4, 0.5) is 4.79 Å². The van der Waals surface area contributed by atoms with Crippen LogP contribution in [0.25, 0.3) is 11.1 Å². The van der Waals surface area contributed by atoms with Crippen molar-refractivity contribution < 1.29 is 24.2 Å². The van der Waals surface area contributed by atoms with Crippen LogP contribution in [0.15, 0.2) is 72.8 Å². The summed E-state index contributed by atoms with van der Waals surface area (Å²) in [6.07, 6.45) is -0.299. The summed E-state index contributed by atoms with van der Waals surface area (Å²) in [5.74, 6) is -1.44. The lowest BCUT2D eigenvalue weighted by Gasteiger charge is -2.17. The van der Waals surface area contributed by atoms with Crippen molar-refractivity contribution in [1.82, 2.24) is 10.6 Å². The van der Waals surface area contributed by atoms with E-state index >= 15 is 0 Å². The van der Waals surface area contributed by atoms with Gasteiger partial charge in [-0.25, -0.2) is 9.59 Å². The minimum Gasteiger partial charge on any atom is -0.478 e. The molecule has 1 atom stereocenters. The van der Waals surface area contributed by atoms with Gasteiger partial charge in [0, 0.05) is 12.5 Å². The summed E-state index contributed by atoms with van der Waals surface area (Å²) >= 11 is 0. The Labute approximate surface area is 197 Å². The van der Waals surface area contributed by atoms with Crippen molar-refractivity contribution >= 4 is 18.0 Å². The number of aromatic carboxylic acids is 1. The van der Waals surface area contributed by atoms with Crippen molar-refractivity contribution in [3.05, 3.63) is 95.1 Å². The molecule has 3 N–H and O–H groups in total. The lowest BCUT2D eigenvalue weighted by atomic mass is 9.98. The van der Waals surface area contributed by atoms with E-state index in [4.69, 9.17) is 4.74 Å². The average molecular weight is 459 g/mol. The molecular formula is C27H26N2O5. The second kappa shape index (κ2) is 10.2. The SMILES string of the molecule is C[C@@H](NC(=O)OCC1c2ccccc2-c2ccccc21)C(=O)NCCc1ccccc1C(=O)O. The zero-order chi connectivity index (χ0) is 24.1. The van der Waals surface area contributed by atoms with Crippen LogP contribution in [0.1, 0.15) is 39.9 Å². The van der Waals surface area contributed by atoms with Gasteiger partial charge in [-0.05, 0) is 47.2 Å². The van der Waals surface area contributed by atoms with E-state index in [1.807, 2.05) is 36.4 Å². The molecule has 0 heterocycles. The number of fused-ring (bicyclic) bond motifs is 3. The van der Waals surface area contributed by atoms with E-state index in [9.17, 15) is 19.5 Å². The second-order valence-corrected chi connectivity index (χ2v) is 8.19. The molecule has 2 amide bonds. The van der Waals surface area contributed by atoms with Gasteiger partial charge in [-0.15, -0.1) is 0 Å². The summed E-state index contributed by atoms with van der Waals surface area (Å²) in [4.78, 5) is 36.0. The summed E-state index contributed by atoms with van der Waals surface area (Å²) in [5.41, 5.74) is 5.36. The predicted molar refractivity (Wildman–Crippen MR) is 128 cm³/mol. The molecule has 0 aromatic heterocycles. The summed E-state index contributed by atoms with van der Waals surface area (Å²) in [7, 11) is 0. The first-order valence-electron chi connectivity index (χ1n) is 11.2. The van der Waals surface area contributed by atoms with Crippen LogP contribution in [0.5, 0.6) is 0 Å². The van der Waals surface area contributed by atoms with Gasteiger partial charge in [0.15, 0.2) is 0 Å². The number of carbonyl (C=O) groups excluding carboxylic acids is 2. The van der Waals surface area contributed by atoms with Crippen LogP contribution < -0.4 is 10.6 Å². The topological polar surface area (TPSA) is 105 Å². The Morgan fingerprint density at radius 3 is 2.15 bits per heavy atom. The maximum atomic E-state index is 12.4. The van der Waals surface area contributed by atoms with Crippen molar-refractivity contribution in [2.24, 2.45) is 0 Å². The molecule has 3 aromatic rings. The van der Waals surface area contributed by atoms with Crippen LogP contribution in [0.3, 0.4) is 0 Å². The monoisotopic (exact) mass is 458 g/mol. The van der Waals surface area contributed by atoms with Gasteiger partial charge in [-0.2, -0.15) is 0 Å². The minimum absolute atomic E-state index is 0.0587. The van der Waals surface area contributed by atoms with Gasteiger partial charge < -0.3 is 20.5 Å². The first-order chi connectivity index (χ1) is 16.5. The van der Waals surface area contributed by atoms with Crippen molar-refractivity contribution in [3.63, 3.8) is 0 Å². The molecule has 0 unspecified atom stereocenters. The van der Waals surface area contributed by atoms with E-state index in [0.717, 1.165) is 22.3 Å². The summed E-state index contributed by atoms with van der Waals surface area (Å²) in [6.45, 7) is 1.99. The van der Waals surface area contributed by atoms with Gasteiger partial charge in [-0.3, -0.25) is 4.79 Å². The quantitative estimate of drug-likeness (QED) is 0.474. The third-order valence-corrected chi connectivity index (χ3v) is 6.01. The molecule has 1 aliphatic rings. The predicted octanol–water partition coefficient (Wildman–Crippen LogP) is 3.97. The molecule has 0 spiro atoms. The van der Waals surface area contributed by atoms with Gasteiger partial charge >= 0.3 is 12.1 Å². The van der Waals surface area contributed by atoms with Gasteiger partial charge in [0.1, 0.15) is 12.6 Å². The van der Waals surface area contributed by atoms with Crippen LogP contribution >= 0.6 is 0 Å². The van der Waals surface area contributed by atoms with Crippen molar-refractivity contribution in [1.29, 1.82) is 0 Å². The molecule has 0 saturated carbocycles. The normalized spacial score (nSPS) is 12.9. The van der Waals surface area contributed by atoms with Gasteiger partial charge in [0.25, 0.3) is 0 Å². The minimum atomic E-state index is -1.01. The molecule has 7 nitrogen and oxygen atoms in total. The second-order valence-electron chi connectivity index (χ2n) is 8.19. The van der Waals surface area contributed by atoms with Crippen molar-refractivity contribution in [3.8, 4) is 11.1 Å². The highest BCUT2D eigenvalue weighted by Crippen LogP contribution is 2.44. The lowest BCUT2D eigenvalue weighted by molar-refractivity contribution is -0.122. The molecular weight excluding hydrogens is 432 g/mol. The highest BCUT2D eigenvalue weighted by atomic mass is 16.5. The summed E-state index contributed by atoms with van der Waals surface area (Å²) in [6, 6.07) is 22.0. The Bertz CT molecular complexity index is 1180. The average Bonchev–Trinajstić information content (AvgIpc) is 3.16. The third kappa shape index (κ3) is 4.93. The molecule has 34 heavy (non-hydrogen) atoms. The number of rotatable bonds is 8. The molecule has 3 aromatic carbocycles. The molecule has 0 aliphatic heterocycles. The zero-order valence-corrected chi connectivity index (χ0v) is 18.8. The lowest BCUT2D eigenvalue weighted by Crippen LogP contribution is -2.45. The summed E-state index contributed by atoms with van der Waals surface area (Å²) < 4.78 is 5.48. The molecule has 0 bridgehead atoms. The smallest absolute Gasteiger partial charge is 0.407 e. The third-order valence-electron chi connectivity index (χ3n) is 6.01. The van der Waals surface area contributed by atoms with E-state index in [0.29, 0.717) is 12.0 Å². The molecule has 174 valence electrons. The molecule has 1 aliphatic carbocycles. The van der Waals surface area contributed by atoms with Gasteiger partial charge in [0.2, 0.25) is 5.91 Å². The van der Waals surface area contributed by atoms with E-state index < -0.39 is 18.1 Å². The first kappa shape index (κ1) is 23.0. The van der Waals surface area contributed by atoms with Gasteiger partial charge in [-0.1, -0.05) is 66.7 Å². The number of hydrogen-bond donors (Lipinski definition) is 3. The highest BCUT2D eigenvalue weighted by molar-refractivity contribution is 5.89. The Hall–Kier alpha value is -4.13. The fourth-order valence-corrected chi connectivity index (χ4v) is 4.30. The van der Waals surface area contributed by atoms with Gasteiger partial charge in [0.05, 0.1) is 5.56 Å². The summed E-state index contributed by atoms with van der Waals surface area (Å²) in [5, 5.41) is 14.5. The highest BCUT2D eigenvalue weighted by Gasteiger charge is 2.29. The Balaban J connectivity index is 1.27. The van der Waals surface area contributed by atoms with E-state index in [-0.39, 0.29) is 30.5 Å². The van der Waals surface area contributed by atoms with E-state index in [2.05, 4.69) is 22.8 Å².